The van der Waals surface area contributed by atoms with Gasteiger partial charge in [-0.25, -0.2) is 0 Å². The molecule has 2 rings (SSSR count). The Morgan fingerprint density at radius 1 is 1.50 bits per heavy atom. The molecule has 0 aromatic heterocycles. The van der Waals surface area contributed by atoms with Crippen LogP contribution in [0.2, 0.25) is 0 Å². The van der Waals surface area contributed by atoms with Crippen LogP contribution in [-0.2, 0) is 9.53 Å². The smallest absolute Gasteiger partial charge is 0.162 e. The van der Waals surface area contributed by atoms with E-state index in [0.29, 0.717) is 12.5 Å². The fourth-order valence-corrected chi connectivity index (χ4v) is 2.82. The van der Waals surface area contributed by atoms with Crippen molar-refractivity contribution < 1.29 is 9.53 Å². The predicted molar refractivity (Wildman–Crippen MR) is 80.8 cm³/mol. The van der Waals surface area contributed by atoms with Gasteiger partial charge in [0.05, 0.1) is 12.7 Å². The Hall–Kier alpha value is -0.970. The van der Waals surface area contributed by atoms with Crippen LogP contribution >= 0.6 is 0 Å². The molecule has 0 bridgehead atoms. The number of nitrogens with one attached hydrogen (secondary N) is 1. The van der Waals surface area contributed by atoms with Gasteiger partial charge in [0.2, 0.25) is 0 Å². The van der Waals surface area contributed by atoms with Gasteiger partial charge in [0.1, 0.15) is 0 Å². The number of hydrogen-bond donors (Lipinski definition) is 1. The van der Waals surface area contributed by atoms with Crippen LogP contribution in [-0.4, -0.2) is 56.6 Å². The number of ketones is 1. The third kappa shape index (κ3) is 4.54. The molecule has 4 heteroatoms. The van der Waals surface area contributed by atoms with E-state index in [1.807, 2.05) is 14.0 Å². The monoisotopic (exact) mass is 278 g/mol. The number of ether oxygens (including phenoxy) is 1. The van der Waals surface area contributed by atoms with Crippen LogP contribution in [0, 0.1) is 0 Å². The van der Waals surface area contributed by atoms with Crippen LogP contribution in [0.5, 0.6) is 0 Å². The Balaban J connectivity index is 1.69. The summed E-state index contributed by atoms with van der Waals surface area (Å²) in [6.45, 7) is 6.84. The zero-order chi connectivity index (χ0) is 14.4. The third-order valence-electron chi connectivity index (χ3n) is 3.99. The summed E-state index contributed by atoms with van der Waals surface area (Å²) in [5.41, 5.74) is 2.23. The van der Waals surface area contributed by atoms with E-state index < -0.39 is 0 Å². The van der Waals surface area contributed by atoms with Crippen molar-refractivity contribution in [2.24, 2.45) is 0 Å². The van der Waals surface area contributed by atoms with Gasteiger partial charge < -0.3 is 10.1 Å². The molecule has 0 aromatic carbocycles. The molecule has 4 nitrogen and oxygen atoms in total. The second-order valence-corrected chi connectivity index (χ2v) is 5.69. The van der Waals surface area contributed by atoms with E-state index in [2.05, 4.69) is 22.4 Å². The molecular formula is C16H26N2O2. The Labute approximate surface area is 121 Å². The van der Waals surface area contributed by atoms with E-state index in [9.17, 15) is 4.79 Å². The lowest BCUT2D eigenvalue weighted by Crippen LogP contribution is -2.46. The highest BCUT2D eigenvalue weighted by atomic mass is 16.5. The molecule has 0 amide bonds. The first-order valence-corrected chi connectivity index (χ1v) is 7.58. The number of carbonyl (C=O) groups excluding carboxylic acids is 1. The van der Waals surface area contributed by atoms with Crippen molar-refractivity contribution in [3.63, 3.8) is 0 Å². The van der Waals surface area contributed by atoms with Crippen molar-refractivity contribution >= 4 is 5.78 Å². The van der Waals surface area contributed by atoms with E-state index in [1.54, 1.807) is 0 Å². The van der Waals surface area contributed by atoms with Gasteiger partial charge in [0, 0.05) is 26.1 Å². The quantitative estimate of drug-likeness (QED) is 0.800. The van der Waals surface area contributed by atoms with Gasteiger partial charge in [-0.1, -0.05) is 17.7 Å². The lowest BCUT2D eigenvalue weighted by Gasteiger charge is -2.32. The Bertz CT molecular complexity index is 399. The third-order valence-corrected chi connectivity index (χ3v) is 3.99. The molecular weight excluding hydrogens is 252 g/mol. The molecule has 1 fully saturated rings. The van der Waals surface area contributed by atoms with Gasteiger partial charge in [-0.05, 0) is 38.9 Å². The zero-order valence-corrected chi connectivity index (χ0v) is 12.7. The molecule has 1 saturated heterocycles. The van der Waals surface area contributed by atoms with Crippen molar-refractivity contribution in [3.8, 4) is 0 Å². The molecule has 0 radical (unpaired) electrons. The minimum Gasteiger partial charge on any atom is -0.374 e. The van der Waals surface area contributed by atoms with Gasteiger partial charge in [-0.3, -0.25) is 9.69 Å². The summed E-state index contributed by atoms with van der Waals surface area (Å²) < 4.78 is 5.71. The van der Waals surface area contributed by atoms with Crippen molar-refractivity contribution in [2.75, 3.05) is 39.8 Å². The fraction of sp³-hybridized carbons (Fsp3) is 0.688. The van der Waals surface area contributed by atoms with Gasteiger partial charge in [-0.2, -0.15) is 0 Å². The lowest BCUT2D eigenvalue weighted by atomic mass is 9.96. The minimum atomic E-state index is 0.261. The largest absolute Gasteiger partial charge is 0.374 e. The molecule has 2 aliphatic rings. The average Bonchev–Trinajstić information content (AvgIpc) is 2.44. The van der Waals surface area contributed by atoms with E-state index in [4.69, 9.17) is 4.74 Å². The molecule has 1 heterocycles. The van der Waals surface area contributed by atoms with Crippen molar-refractivity contribution in [2.45, 2.75) is 32.3 Å². The molecule has 0 saturated carbocycles. The van der Waals surface area contributed by atoms with Crippen molar-refractivity contribution in [3.05, 3.63) is 23.3 Å². The number of allylic oxidation sites excluding steroid dienone is 4. The maximum absolute atomic E-state index is 11.4. The summed E-state index contributed by atoms with van der Waals surface area (Å²) in [6.07, 6.45) is 7.25. The average molecular weight is 278 g/mol. The molecule has 1 atom stereocenters. The highest BCUT2D eigenvalue weighted by Gasteiger charge is 2.19. The second-order valence-electron chi connectivity index (χ2n) is 5.69. The molecule has 20 heavy (non-hydrogen) atoms. The van der Waals surface area contributed by atoms with E-state index in [-0.39, 0.29) is 5.78 Å². The fourth-order valence-electron chi connectivity index (χ4n) is 2.82. The van der Waals surface area contributed by atoms with Gasteiger partial charge >= 0.3 is 0 Å². The normalized spacial score (nSPS) is 24.5. The van der Waals surface area contributed by atoms with Crippen molar-refractivity contribution in [1.82, 2.24) is 10.2 Å². The van der Waals surface area contributed by atoms with Crippen LogP contribution in [0.1, 0.15) is 26.2 Å². The highest BCUT2D eigenvalue weighted by Crippen LogP contribution is 2.18. The van der Waals surface area contributed by atoms with E-state index in [1.165, 1.54) is 5.57 Å². The van der Waals surface area contributed by atoms with Crippen LogP contribution in [0.25, 0.3) is 0 Å². The number of nitrogens with zero attached hydrogens (tertiary/aromatic N) is 1. The predicted octanol–water partition coefficient (Wildman–Crippen LogP) is 1.53. The Kier molecular flexibility index (Phi) is 5.95. The Morgan fingerprint density at radius 2 is 2.35 bits per heavy atom. The first-order valence-electron chi connectivity index (χ1n) is 7.58. The number of rotatable bonds is 6. The maximum Gasteiger partial charge on any atom is 0.162 e. The summed E-state index contributed by atoms with van der Waals surface area (Å²) in [4.78, 5) is 13.9. The standard InChI is InChI=1S/C16H26N2O2/c1-13-10-14(5-6-16(13)19)4-3-7-18-8-9-20-15(12-18)11-17-2/h5,10,15,17H,3-4,6-9,11-12H2,1-2H3/t15-/m1/s1. The number of Topliss-reactive ketones (excluding diaryl/α,β-unsaturated/α-hetero) is 1. The van der Waals surface area contributed by atoms with Crippen LogP contribution in [0.4, 0.5) is 0 Å². The maximum atomic E-state index is 11.4. The molecule has 1 N–H and O–H groups in total. The molecule has 0 aromatic rings. The number of carbonyl (C=O) groups is 1. The molecule has 112 valence electrons. The lowest BCUT2D eigenvalue weighted by molar-refractivity contribution is -0.114. The molecule has 1 aliphatic carbocycles. The van der Waals surface area contributed by atoms with Gasteiger partial charge in [0.25, 0.3) is 0 Å². The molecule has 1 aliphatic heterocycles. The van der Waals surface area contributed by atoms with Crippen LogP contribution in [0.15, 0.2) is 23.3 Å². The number of likely N-dealkylation sites (N-methyl/N-ethyl adjacent to an activating group) is 1. The zero-order valence-electron chi connectivity index (χ0n) is 12.7. The SMILES string of the molecule is CNC[C@@H]1CN(CCCC2=CCC(=O)C(C)=C2)CCO1. The summed E-state index contributed by atoms with van der Waals surface area (Å²) in [5, 5.41) is 3.17. The van der Waals surface area contributed by atoms with E-state index >= 15 is 0 Å². The number of hydrogen-bond acceptors (Lipinski definition) is 4. The van der Waals surface area contributed by atoms with E-state index in [0.717, 1.165) is 51.2 Å². The first kappa shape index (κ1) is 15.4. The first-order chi connectivity index (χ1) is 9.69. The van der Waals surface area contributed by atoms with Crippen LogP contribution in [0.3, 0.4) is 0 Å². The molecule has 0 unspecified atom stereocenters. The van der Waals surface area contributed by atoms with Crippen LogP contribution < -0.4 is 5.32 Å². The molecule has 0 spiro atoms. The number of morpholine rings is 1. The highest BCUT2D eigenvalue weighted by molar-refractivity contribution is 5.97. The summed E-state index contributed by atoms with van der Waals surface area (Å²) in [5.74, 6) is 0.261. The second kappa shape index (κ2) is 7.72. The summed E-state index contributed by atoms with van der Waals surface area (Å²) in [7, 11) is 1.97. The summed E-state index contributed by atoms with van der Waals surface area (Å²) >= 11 is 0. The van der Waals surface area contributed by atoms with Crippen molar-refractivity contribution in [1.29, 1.82) is 0 Å². The summed E-state index contributed by atoms with van der Waals surface area (Å²) in [6, 6.07) is 0. The topological polar surface area (TPSA) is 41.6 Å². The van der Waals surface area contributed by atoms with Gasteiger partial charge in [-0.15, -0.1) is 0 Å². The minimum absolute atomic E-state index is 0.261. The van der Waals surface area contributed by atoms with Gasteiger partial charge in [0.15, 0.2) is 5.78 Å². The Morgan fingerprint density at radius 3 is 3.10 bits per heavy atom.